The van der Waals surface area contributed by atoms with Gasteiger partial charge in [-0.25, -0.2) is 0 Å². The van der Waals surface area contributed by atoms with E-state index < -0.39 is 0 Å². The van der Waals surface area contributed by atoms with E-state index in [-0.39, 0.29) is 11.9 Å². The second kappa shape index (κ2) is 4.47. The first-order valence-corrected chi connectivity index (χ1v) is 5.26. The molecule has 0 bridgehead atoms. The third kappa shape index (κ3) is 2.82. The fraction of sp³-hybridized carbons (Fsp3) is 0.462. The van der Waals surface area contributed by atoms with Crippen molar-refractivity contribution in [1.29, 1.82) is 0 Å². The predicted molar refractivity (Wildman–Crippen MR) is 62.9 cm³/mol. The van der Waals surface area contributed by atoms with Crippen LogP contribution in [0.3, 0.4) is 0 Å². The highest BCUT2D eigenvalue weighted by Gasteiger charge is 2.10. The van der Waals surface area contributed by atoms with E-state index in [9.17, 15) is 4.79 Å². The Morgan fingerprint density at radius 1 is 1.13 bits per heavy atom. The van der Waals surface area contributed by atoms with Crippen LogP contribution in [-0.4, -0.2) is 5.91 Å². The molecule has 2 nitrogen and oxygen atoms in total. The van der Waals surface area contributed by atoms with E-state index in [1.165, 1.54) is 22.3 Å². The van der Waals surface area contributed by atoms with Gasteiger partial charge in [-0.05, 0) is 49.9 Å². The summed E-state index contributed by atoms with van der Waals surface area (Å²) in [5.41, 5.74) is 5.01. The van der Waals surface area contributed by atoms with Crippen molar-refractivity contribution in [2.24, 2.45) is 0 Å². The Hall–Kier alpha value is -1.31. The van der Waals surface area contributed by atoms with Crippen molar-refractivity contribution >= 4 is 5.91 Å². The monoisotopic (exact) mass is 205 g/mol. The van der Waals surface area contributed by atoms with Crippen molar-refractivity contribution in [2.75, 3.05) is 0 Å². The second-order valence-electron chi connectivity index (χ2n) is 4.22. The van der Waals surface area contributed by atoms with Crippen LogP contribution in [0.25, 0.3) is 0 Å². The zero-order valence-electron chi connectivity index (χ0n) is 10.1. The Morgan fingerprint density at radius 3 is 2.20 bits per heavy atom. The van der Waals surface area contributed by atoms with Gasteiger partial charge in [0.25, 0.3) is 0 Å². The van der Waals surface area contributed by atoms with Crippen LogP contribution in [-0.2, 0) is 4.79 Å². The molecule has 82 valence electrons. The molecule has 1 atom stereocenters. The van der Waals surface area contributed by atoms with Crippen LogP contribution >= 0.6 is 0 Å². The maximum atomic E-state index is 11.0. The molecule has 0 aromatic heterocycles. The van der Waals surface area contributed by atoms with Gasteiger partial charge in [-0.15, -0.1) is 0 Å². The quantitative estimate of drug-likeness (QED) is 0.790. The average molecular weight is 205 g/mol. The fourth-order valence-corrected chi connectivity index (χ4v) is 1.83. The molecular weight excluding hydrogens is 186 g/mol. The highest BCUT2D eigenvalue weighted by atomic mass is 16.1. The SMILES string of the molecule is CC(=O)NC(C)c1cc(C)c(C)cc1C. The van der Waals surface area contributed by atoms with Crippen LogP contribution in [0.2, 0.25) is 0 Å². The molecule has 1 aromatic rings. The zero-order chi connectivity index (χ0) is 11.6. The molecule has 0 fully saturated rings. The summed E-state index contributed by atoms with van der Waals surface area (Å²) in [6.45, 7) is 9.85. The minimum atomic E-state index is 0.0140. The molecule has 0 spiro atoms. The van der Waals surface area contributed by atoms with Gasteiger partial charge in [-0.2, -0.15) is 0 Å². The largest absolute Gasteiger partial charge is 0.350 e. The molecule has 1 N–H and O–H groups in total. The number of hydrogen-bond acceptors (Lipinski definition) is 1. The number of nitrogens with one attached hydrogen (secondary N) is 1. The number of hydrogen-bond donors (Lipinski definition) is 1. The lowest BCUT2D eigenvalue weighted by Crippen LogP contribution is -2.24. The number of aryl methyl sites for hydroxylation is 3. The highest BCUT2D eigenvalue weighted by molar-refractivity contribution is 5.73. The van der Waals surface area contributed by atoms with E-state index in [0.29, 0.717) is 0 Å². The van der Waals surface area contributed by atoms with E-state index in [1.54, 1.807) is 6.92 Å². The lowest BCUT2D eigenvalue weighted by Gasteiger charge is -2.17. The molecule has 0 aliphatic rings. The smallest absolute Gasteiger partial charge is 0.217 e. The number of rotatable bonds is 2. The Labute approximate surface area is 91.7 Å². The van der Waals surface area contributed by atoms with Gasteiger partial charge < -0.3 is 5.32 Å². The maximum Gasteiger partial charge on any atom is 0.217 e. The lowest BCUT2D eigenvalue weighted by atomic mass is 9.96. The van der Waals surface area contributed by atoms with Crippen LogP contribution in [0.15, 0.2) is 12.1 Å². The first-order chi connectivity index (χ1) is 6.91. The number of carbonyl (C=O) groups excluding carboxylic acids is 1. The highest BCUT2D eigenvalue weighted by Crippen LogP contribution is 2.21. The molecule has 1 unspecified atom stereocenters. The third-order valence-electron chi connectivity index (χ3n) is 2.77. The van der Waals surface area contributed by atoms with Crippen LogP contribution in [0.4, 0.5) is 0 Å². The van der Waals surface area contributed by atoms with Gasteiger partial charge in [0.05, 0.1) is 6.04 Å². The summed E-state index contributed by atoms with van der Waals surface area (Å²) in [7, 11) is 0. The van der Waals surface area contributed by atoms with Gasteiger partial charge in [-0.1, -0.05) is 12.1 Å². The van der Waals surface area contributed by atoms with Crippen LogP contribution in [0.1, 0.15) is 42.1 Å². The molecular formula is C13H19NO. The molecule has 1 amide bonds. The van der Waals surface area contributed by atoms with Gasteiger partial charge in [0, 0.05) is 6.92 Å². The van der Waals surface area contributed by atoms with Gasteiger partial charge >= 0.3 is 0 Å². The molecule has 0 heterocycles. The molecule has 1 rings (SSSR count). The third-order valence-corrected chi connectivity index (χ3v) is 2.77. The first kappa shape index (κ1) is 11.8. The van der Waals surface area contributed by atoms with E-state index in [1.807, 2.05) is 6.92 Å². The molecule has 0 radical (unpaired) electrons. The summed E-state index contributed by atoms with van der Waals surface area (Å²) >= 11 is 0. The molecule has 0 saturated heterocycles. The van der Waals surface area contributed by atoms with Crippen LogP contribution < -0.4 is 5.32 Å². The lowest BCUT2D eigenvalue weighted by molar-refractivity contribution is -0.119. The molecule has 0 aliphatic carbocycles. The van der Waals surface area contributed by atoms with Crippen molar-refractivity contribution < 1.29 is 4.79 Å². The Morgan fingerprint density at radius 2 is 1.67 bits per heavy atom. The van der Waals surface area contributed by atoms with Crippen molar-refractivity contribution in [2.45, 2.75) is 40.7 Å². The zero-order valence-corrected chi connectivity index (χ0v) is 10.1. The Kier molecular flexibility index (Phi) is 3.51. The summed E-state index contributed by atoms with van der Waals surface area (Å²) in [6, 6.07) is 4.41. The summed E-state index contributed by atoms with van der Waals surface area (Å²) < 4.78 is 0. The van der Waals surface area contributed by atoms with Crippen LogP contribution in [0.5, 0.6) is 0 Å². The van der Waals surface area contributed by atoms with Gasteiger partial charge in [0.1, 0.15) is 0 Å². The molecule has 1 aromatic carbocycles. The second-order valence-corrected chi connectivity index (χ2v) is 4.22. The summed E-state index contributed by atoms with van der Waals surface area (Å²) in [6.07, 6.45) is 0. The topological polar surface area (TPSA) is 29.1 Å². The van der Waals surface area contributed by atoms with E-state index >= 15 is 0 Å². The summed E-state index contributed by atoms with van der Waals surface area (Å²) in [5.74, 6) is 0.0140. The number of carbonyl (C=O) groups is 1. The standard InChI is InChI=1S/C13H19NO/c1-8-6-10(3)13(7-9(8)2)11(4)14-12(5)15/h6-7,11H,1-5H3,(H,14,15). The summed E-state index contributed by atoms with van der Waals surface area (Å²) in [4.78, 5) is 11.0. The molecule has 0 saturated carbocycles. The maximum absolute atomic E-state index is 11.0. The molecule has 15 heavy (non-hydrogen) atoms. The number of amides is 1. The molecule has 0 aliphatic heterocycles. The minimum absolute atomic E-state index is 0.0140. The number of benzene rings is 1. The normalized spacial score (nSPS) is 12.3. The van der Waals surface area contributed by atoms with Gasteiger partial charge in [0.15, 0.2) is 0 Å². The van der Waals surface area contributed by atoms with E-state index in [4.69, 9.17) is 0 Å². The minimum Gasteiger partial charge on any atom is -0.350 e. The average Bonchev–Trinajstić information content (AvgIpc) is 2.09. The van der Waals surface area contributed by atoms with Gasteiger partial charge in [0.2, 0.25) is 5.91 Å². The summed E-state index contributed by atoms with van der Waals surface area (Å²) in [5, 5.41) is 2.91. The van der Waals surface area contributed by atoms with Gasteiger partial charge in [-0.3, -0.25) is 4.79 Å². The Balaban J connectivity index is 3.03. The van der Waals surface area contributed by atoms with E-state index in [0.717, 1.165) is 0 Å². The van der Waals surface area contributed by atoms with Crippen LogP contribution in [0, 0.1) is 20.8 Å². The molecule has 2 heteroatoms. The van der Waals surface area contributed by atoms with E-state index in [2.05, 4.69) is 38.2 Å². The predicted octanol–water partition coefficient (Wildman–Crippen LogP) is 2.81. The van der Waals surface area contributed by atoms with Crippen molar-refractivity contribution in [1.82, 2.24) is 5.32 Å². The first-order valence-electron chi connectivity index (χ1n) is 5.26. The van der Waals surface area contributed by atoms with Crippen molar-refractivity contribution in [3.63, 3.8) is 0 Å². The van der Waals surface area contributed by atoms with Crippen molar-refractivity contribution in [3.05, 3.63) is 34.4 Å². The van der Waals surface area contributed by atoms with Crippen molar-refractivity contribution in [3.8, 4) is 0 Å². The Bertz CT molecular complexity index is 382. The fourth-order valence-electron chi connectivity index (χ4n) is 1.83.